The Morgan fingerprint density at radius 3 is 1.28 bits per heavy atom. The summed E-state index contributed by atoms with van der Waals surface area (Å²) < 4.78 is 2.60. The zero-order valence-corrected chi connectivity index (χ0v) is 38.7. The van der Waals surface area contributed by atoms with Gasteiger partial charge in [0.05, 0.1) is 5.41 Å². The predicted molar refractivity (Wildman–Crippen MR) is 293 cm³/mol. The fraction of sp³-hybridized carbons (Fsp3) is 0.0149. The van der Waals surface area contributed by atoms with E-state index in [0.29, 0.717) is 0 Å². The number of anilines is 3. The van der Waals surface area contributed by atoms with Crippen LogP contribution in [0.4, 0.5) is 17.1 Å². The molecule has 324 valence electrons. The number of hydrogen-bond donors (Lipinski definition) is 0. The van der Waals surface area contributed by atoms with Crippen LogP contribution in [0, 0.1) is 0 Å². The molecule has 2 heteroatoms. The van der Waals surface area contributed by atoms with Crippen molar-refractivity contribution in [2.24, 2.45) is 0 Å². The van der Waals surface area contributed by atoms with Gasteiger partial charge in [0.25, 0.3) is 0 Å². The summed E-state index contributed by atoms with van der Waals surface area (Å²) >= 11 is 1.89. The number of rotatable bonds is 9. The molecule has 1 heterocycles. The first-order valence-corrected chi connectivity index (χ1v) is 24.5. The topological polar surface area (TPSA) is 3.24 Å². The Balaban J connectivity index is 0.951. The Morgan fingerprint density at radius 2 is 0.710 bits per heavy atom. The van der Waals surface area contributed by atoms with Crippen LogP contribution in [-0.2, 0) is 5.41 Å². The molecule has 11 aromatic carbocycles. The van der Waals surface area contributed by atoms with Gasteiger partial charge in [0.2, 0.25) is 0 Å². The van der Waals surface area contributed by atoms with Crippen molar-refractivity contribution in [2.75, 3.05) is 4.90 Å². The maximum absolute atomic E-state index is 2.51. The second-order valence-electron chi connectivity index (χ2n) is 18.0. The SMILES string of the molecule is c1ccc(-c2ccc(N(c3ccc(-c4ccccc4)cc3)c3ccc(-c4cc(-c5ccc6c(c5)C(c5ccccc5)(c5ccccc5)c5ccccc5-6)c5sc6ccccc6c5c4)cc3)cc2)cc1. The summed E-state index contributed by atoms with van der Waals surface area (Å²) in [6, 6.07) is 100. The first kappa shape index (κ1) is 40.7. The molecule has 0 N–H and O–H groups in total. The van der Waals surface area contributed by atoms with Crippen LogP contribution in [0.1, 0.15) is 22.3 Å². The van der Waals surface area contributed by atoms with Crippen molar-refractivity contribution in [1.29, 1.82) is 0 Å². The lowest BCUT2D eigenvalue weighted by atomic mass is 9.67. The quantitative estimate of drug-likeness (QED) is 0.140. The zero-order valence-electron chi connectivity index (χ0n) is 37.8. The molecule has 0 atom stereocenters. The van der Waals surface area contributed by atoms with E-state index in [1.807, 2.05) is 11.3 Å². The highest BCUT2D eigenvalue weighted by molar-refractivity contribution is 7.26. The molecule has 0 saturated carbocycles. The van der Waals surface area contributed by atoms with Crippen molar-refractivity contribution in [3.8, 4) is 55.6 Å². The third kappa shape index (κ3) is 6.91. The lowest BCUT2D eigenvalue weighted by Crippen LogP contribution is -2.28. The number of fused-ring (bicyclic) bond motifs is 6. The maximum Gasteiger partial charge on any atom is 0.0713 e. The highest BCUT2D eigenvalue weighted by Gasteiger charge is 2.46. The predicted octanol–water partition coefficient (Wildman–Crippen LogP) is 18.6. The Hall–Kier alpha value is -8.56. The van der Waals surface area contributed by atoms with Gasteiger partial charge in [-0.3, -0.25) is 0 Å². The van der Waals surface area contributed by atoms with E-state index in [2.05, 4.69) is 278 Å². The second kappa shape index (κ2) is 16.9. The number of hydrogen-bond acceptors (Lipinski definition) is 2. The molecule has 1 aliphatic rings. The normalized spacial score (nSPS) is 12.5. The average Bonchev–Trinajstić information content (AvgIpc) is 3.96. The van der Waals surface area contributed by atoms with Crippen LogP contribution in [0.3, 0.4) is 0 Å². The van der Waals surface area contributed by atoms with E-state index in [0.717, 1.165) is 17.1 Å². The monoisotopic (exact) mass is 895 g/mol. The molecule has 0 unspecified atom stereocenters. The largest absolute Gasteiger partial charge is 0.311 e. The lowest BCUT2D eigenvalue weighted by molar-refractivity contribution is 0.769. The van der Waals surface area contributed by atoms with Gasteiger partial charge in [-0.05, 0) is 133 Å². The van der Waals surface area contributed by atoms with E-state index in [-0.39, 0.29) is 0 Å². The summed E-state index contributed by atoms with van der Waals surface area (Å²) in [6.45, 7) is 0. The van der Waals surface area contributed by atoms with E-state index in [1.165, 1.54) is 98.1 Å². The molecule has 0 spiro atoms. The van der Waals surface area contributed by atoms with E-state index < -0.39 is 5.41 Å². The first-order chi connectivity index (χ1) is 34.2. The molecule has 0 saturated heterocycles. The summed E-state index contributed by atoms with van der Waals surface area (Å²) in [7, 11) is 0. The number of thiophene rings is 1. The molecule has 0 amide bonds. The number of nitrogens with zero attached hydrogens (tertiary/aromatic N) is 1. The van der Waals surface area contributed by atoms with Crippen molar-refractivity contribution in [3.05, 3.63) is 295 Å². The second-order valence-corrected chi connectivity index (χ2v) is 19.0. The molecule has 69 heavy (non-hydrogen) atoms. The van der Waals surface area contributed by atoms with Crippen molar-refractivity contribution in [1.82, 2.24) is 0 Å². The van der Waals surface area contributed by atoms with E-state index in [9.17, 15) is 0 Å². The van der Waals surface area contributed by atoms with Crippen molar-refractivity contribution in [2.45, 2.75) is 5.41 Å². The highest BCUT2D eigenvalue weighted by Crippen LogP contribution is 2.57. The van der Waals surface area contributed by atoms with Crippen molar-refractivity contribution >= 4 is 48.6 Å². The number of benzene rings is 11. The molecule has 12 aromatic rings. The Labute approximate surface area is 407 Å². The van der Waals surface area contributed by atoms with Gasteiger partial charge in [0.15, 0.2) is 0 Å². The van der Waals surface area contributed by atoms with Crippen LogP contribution in [0.15, 0.2) is 273 Å². The fourth-order valence-electron chi connectivity index (χ4n) is 10.9. The van der Waals surface area contributed by atoms with Crippen LogP contribution in [0.2, 0.25) is 0 Å². The Morgan fingerprint density at radius 1 is 0.275 bits per heavy atom. The molecular formula is C67H45NS. The summed E-state index contributed by atoms with van der Waals surface area (Å²) in [6.07, 6.45) is 0. The van der Waals surface area contributed by atoms with Gasteiger partial charge in [0, 0.05) is 42.8 Å². The summed E-state index contributed by atoms with van der Waals surface area (Å²) in [5, 5.41) is 2.57. The minimum absolute atomic E-state index is 0.479. The summed E-state index contributed by atoms with van der Waals surface area (Å²) in [5.74, 6) is 0. The van der Waals surface area contributed by atoms with Gasteiger partial charge in [-0.1, -0.05) is 212 Å². The van der Waals surface area contributed by atoms with Crippen LogP contribution in [0.5, 0.6) is 0 Å². The maximum atomic E-state index is 2.51. The van der Waals surface area contributed by atoms with Gasteiger partial charge in [-0.25, -0.2) is 0 Å². The standard InChI is InChI=1S/C67H45NS/c1-5-17-46(18-6-1)48-29-36-55(37-30-48)68(56-38-31-49(32-39-56)47-19-7-2-8-20-47)57-40-33-50(34-41-57)52-43-61(66-62(44-52)60-26-14-16-28-65(60)69-66)51-35-42-59-58-25-13-15-27-63(58)67(64(59)45-51,53-21-9-3-10-22-53)54-23-11-4-12-24-54/h1-45H. The molecule has 0 radical (unpaired) electrons. The average molecular weight is 896 g/mol. The third-order valence-electron chi connectivity index (χ3n) is 14.2. The Bertz CT molecular complexity index is 3660. The Kier molecular flexibility index (Phi) is 10.00. The molecule has 0 bridgehead atoms. The van der Waals surface area contributed by atoms with Gasteiger partial charge in [-0.2, -0.15) is 0 Å². The van der Waals surface area contributed by atoms with E-state index in [4.69, 9.17) is 0 Å². The molecule has 13 rings (SSSR count). The summed E-state index contributed by atoms with van der Waals surface area (Å²) in [4.78, 5) is 2.36. The smallest absolute Gasteiger partial charge is 0.0713 e. The van der Waals surface area contributed by atoms with Crippen molar-refractivity contribution < 1.29 is 0 Å². The van der Waals surface area contributed by atoms with E-state index in [1.54, 1.807) is 0 Å². The van der Waals surface area contributed by atoms with Crippen LogP contribution >= 0.6 is 11.3 Å². The molecular weight excluding hydrogens is 851 g/mol. The van der Waals surface area contributed by atoms with Crippen molar-refractivity contribution in [3.63, 3.8) is 0 Å². The minimum atomic E-state index is -0.479. The van der Waals surface area contributed by atoms with Gasteiger partial charge in [0.1, 0.15) is 0 Å². The van der Waals surface area contributed by atoms with Crippen LogP contribution < -0.4 is 4.90 Å². The molecule has 0 fully saturated rings. The first-order valence-electron chi connectivity index (χ1n) is 23.7. The summed E-state index contributed by atoms with van der Waals surface area (Å²) in [5.41, 5.74) is 20.2. The van der Waals surface area contributed by atoms with Gasteiger partial charge < -0.3 is 4.90 Å². The molecule has 1 aliphatic carbocycles. The third-order valence-corrected chi connectivity index (χ3v) is 15.4. The van der Waals surface area contributed by atoms with Crippen LogP contribution in [0.25, 0.3) is 75.8 Å². The fourth-order valence-corrected chi connectivity index (χ4v) is 12.2. The van der Waals surface area contributed by atoms with Gasteiger partial charge >= 0.3 is 0 Å². The molecule has 0 aliphatic heterocycles. The van der Waals surface area contributed by atoms with Gasteiger partial charge in [-0.15, -0.1) is 11.3 Å². The highest BCUT2D eigenvalue weighted by atomic mass is 32.1. The lowest BCUT2D eigenvalue weighted by Gasteiger charge is -2.34. The van der Waals surface area contributed by atoms with E-state index >= 15 is 0 Å². The minimum Gasteiger partial charge on any atom is -0.311 e. The van der Waals surface area contributed by atoms with Crippen LogP contribution in [-0.4, -0.2) is 0 Å². The molecule has 1 nitrogen and oxygen atoms in total. The molecule has 1 aromatic heterocycles. The zero-order chi connectivity index (χ0) is 45.7.